The van der Waals surface area contributed by atoms with Crippen molar-refractivity contribution in [2.24, 2.45) is 0 Å². The van der Waals surface area contributed by atoms with E-state index in [4.69, 9.17) is 0 Å². The maximum atomic E-state index is 11.5. The van der Waals surface area contributed by atoms with Crippen molar-refractivity contribution in [1.82, 2.24) is 9.78 Å². The van der Waals surface area contributed by atoms with Crippen LogP contribution in [0.15, 0.2) is 29.1 Å². The summed E-state index contributed by atoms with van der Waals surface area (Å²) >= 11 is 0. The number of benzene rings is 1. The number of nitrogens with zero attached hydrogens (tertiary/aromatic N) is 1. The summed E-state index contributed by atoms with van der Waals surface area (Å²) in [6, 6.07) is 7.02. The van der Waals surface area contributed by atoms with Gasteiger partial charge in [-0.2, -0.15) is 4.68 Å². The predicted molar refractivity (Wildman–Crippen MR) is 48.9 cm³/mol. The molecule has 1 heterocycles. The molecule has 4 nitrogen and oxygen atoms in total. The average molecular weight is 176 g/mol. The van der Waals surface area contributed by atoms with Crippen LogP contribution in [-0.4, -0.2) is 15.7 Å². The summed E-state index contributed by atoms with van der Waals surface area (Å²) in [4.78, 5) is 22.4. The fourth-order valence-corrected chi connectivity index (χ4v) is 1.28. The molecule has 2 rings (SSSR count). The number of fused-ring (bicyclic) bond motifs is 1. The fourth-order valence-electron chi connectivity index (χ4n) is 1.28. The maximum Gasteiger partial charge on any atom is 0.281 e. The molecule has 13 heavy (non-hydrogen) atoms. The molecule has 0 aliphatic carbocycles. The van der Waals surface area contributed by atoms with Crippen LogP contribution in [0.4, 0.5) is 0 Å². The van der Waals surface area contributed by atoms with E-state index in [0.29, 0.717) is 10.9 Å². The van der Waals surface area contributed by atoms with Gasteiger partial charge in [0.25, 0.3) is 5.56 Å². The molecule has 0 unspecified atom stereocenters. The van der Waals surface area contributed by atoms with Gasteiger partial charge in [-0.25, -0.2) is 0 Å². The first-order valence-corrected chi connectivity index (χ1v) is 3.91. The summed E-state index contributed by atoms with van der Waals surface area (Å²) < 4.78 is 1.00. The van der Waals surface area contributed by atoms with Crippen LogP contribution in [0, 0.1) is 0 Å². The molecule has 0 fully saturated rings. The molecular weight excluding hydrogens is 168 g/mol. The van der Waals surface area contributed by atoms with Crippen molar-refractivity contribution < 1.29 is 4.79 Å². The molecule has 0 saturated heterocycles. The van der Waals surface area contributed by atoms with Crippen LogP contribution in [0.3, 0.4) is 0 Å². The maximum absolute atomic E-state index is 11.5. The monoisotopic (exact) mass is 176 g/mol. The molecule has 66 valence electrons. The Bertz CT molecular complexity index is 522. The van der Waals surface area contributed by atoms with Crippen molar-refractivity contribution in [3.63, 3.8) is 0 Å². The highest BCUT2D eigenvalue weighted by atomic mass is 16.2. The second-order valence-electron chi connectivity index (χ2n) is 2.82. The van der Waals surface area contributed by atoms with Gasteiger partial charge in [0, 0.05) is 6.92 Å². The van der Waals surface area contributed by atoms with E-state index < -0.39 is 0 Å². The normalized spacial score (nSPS) is 10.5. The lowest BCUT2D eigenvalue weighted by Crippen LogP contribution is -2.21. The van der Waals surface area contributed by atoms with Crippen LogP contribution in [0.1, 0.15) is 11.7 Å². The van der Waals surface area contributed by atoms with Crippen molar-refractivity contribution in [2.75, 3.05) is 0 Å². The van der Waals surface area contributed by atoms with Gasteiger partial charge in [0.05, 0.1) is 10.9 Å². The van der Waals surface area contributed by atoms with Gasteiger partial charge in [-0.05, 0) is 12.1 Å². The Kier molecular flexibility index (Phi) is 1.55. The van der Waals surface area contributed by atoms with Gasteiger partial charge in [-0.15, -0.1) is 0 Å². The summed E-state index contributed by atoms with van der Waals surface area (Å²) in [7, 11) is 0. The number of para-hydroxylation sites is 1. The van der Waals surface area contributed by atoms with Gasteiger partial charge in [0.1, 0.15) is 0 Å². The van der Waals surface area contributed by atoms with E-state index in [1.54, 1.807) is 18.2 Å². The SMILES string of the molecule is CC(=O)n1[nH]c2ccccc2c1=O. The van der Waals surface area contributed by atoms with E-state index in [-0.39, 0.29) is 11.5 Å². The van der Waals surface area contributed by atoms with Crippen LogP contribution in [0.5, 0.6) is 0 Å². The number of aromatic amines is 1. The van der Waals surface area contributed by atoms with Gasteiger partial charge >= 0.3 is 0 Å². The molecule has 4 heteroatoms. The second-order valence-corrected chi connectivity index (χ2v) is 2.82. The number of nitrogens with one attached hydrogen (secondary N) is 1. The van der Waals surface area contributed by atoms with E-state index in [1.807, 2.05) is 6.07 Å². The molecule has 0 radical (unpaired) electrons. The first-order valence-electron chi connectivity index (χ1n) is 3.91. The van der Waals surface area contributed by atoms with Gasteiger partial charge < -0.3 is 0 Å². The summed E-state index contributed by atoms with van der Waals surface area (Å²) in [5.74, 6) is -0.304. The Hall–Kier alpha value is -1.84. The molecule has 1 aromatic carbocycles. The highest BCUT2D eigenvalue weighted by molar-refractivity contribution is 5.83. The average Bonchev–Trinajstić information content (AvgIpc) is 2.45. The molecule has 0 aliphatic rings. The van der Waals surface area contributed by atoms with Gasteiger partial charge in [0.15, 0.2) is 0 Å². The Balaban J connectivity index is 2.90. The summed E-state index contributed by atoms with van der Waals surface area (Å²) in [5, 5.41) is 3.26. The zero-order chi connectivity index (χ0) is 9.42. The lowest BCUT2D eigenvalue weighted by Gasteiger charge is -1.89. The lowest BCUT2D eigenvalue weighted by molar-refractivity contribution is 0.0918. The molecule has 0 saturated carbocycles. The quantitative estimate of drug-likeness (QED) is 0.650. The van der Waals surface area contributed by atoms with Gasteiger partial charge in [-0.3, -0.25) is 14.7 Å². The van der Waals surface area contributed by atoms with Crippen LogP contribution in [0.2, 0.25) is 0 Å². The number of hydrogen-bond donors (Lipinski definition) is 1. The third kappa shape index (κ3) is 1.07. The minimum absolute atomic E-state index is 0.289. The minimum Gasteiger partial charge on any atom is -0.288 e. The van der Waals surface area contributed by atoms with E-state index in [1.165, 1.54) is 6.92 Å². The minimum atomic E-state index is -0.304. The smallest absolute Gasteiger partial charge is 0.281 e. The molecule has 2 aromatic rings. The Morgan fingerprint density at radius 2 is 2.08 bits per heavy atom. The van der Waals surface area contributed by atoms with Crippen LogP contribution >= 0.6 is 0 Å². The van der Waals surface area contributed by atoms with E-state index in [0.717, 1.165) is 4.68 Å². The molecule has 1 N–H and O–H groups in total. The third-order valence-electron chi connectivity index (χ3n) is 1.91. The number of aromatic nitrogens is 2. The van der Waals surface area contributed by atoms with Crippen molar-refractivity contribution >= 4 is 16.8 Å². The van der Waals surface area contributed by atoms with Crippen molar-refractivity contribution in [3.8, 4) is 0 Å². The number of carbonyl (C=O) groups is 1. The summed E-state index contributed by atoms with van der Waals surface area (Å²) in [6.07, 6.45) is 0. The molecule has 1 aromatic heterocycles. The van der Waals surface area contributed by atoms with Gasteiger partial charge in [-0.1, -0.05) is 12.1 Å². The predicted octanol–water partition coefficient (Wildman–Crippen LogP) is 0.990. The Morgan fingerprint density at radius 1 is 1.38 bits per heavy atom. The third-order valence-corrected chi connectivity index (χ3v) is 1.91. The highest BCUT2D eigenvalue weighted by Crippen LogP contribution is 2.05. The first-order chi connectivity index (χ1) is 6.20. The van der Waals surface area contributed by atoms with Crippen molar-refractivity contribution in [2.45, 2.75) is 6.92 Å². The lowest BCUT2D eigenvalue weighted by atomic mass is 10.3. The van der Waals surface area contributed by atoms with Crippen LogP contribution in [-0.2, 0) is 0 Å². The standard InChI is InChI=1S/C9H8N2O2/c1-6(12)11-9(13)7-4-2-3-5-8(7)10-11/h2-5,10H,1H3. The Morgan fingerprint density at radius 3 is 2.69 bits per heavy atom. The molecular formula is C9H8N2O2. The van der Waals surface area contributed by atoms with Crippen LogP contribution < -0.4 is 5.56 Å². The second kappa shape index (κ2) is 2.58. The Labute approximate surface area is 73.8 Å². The van der Waals surface area contributed by atoms with E-state index >= 15 is 0 Å². The molecule has 0 aliphatic heterocycles. The summed E-state index contributed by atoms with van der Waals surface area (Å²) in [6.45, 7) is 1.34. The summed E-state index contributed by atoms with van der Waals surface area (Å²) in [5.41, 5.74) is 0.394. The zero-order valence-corrected chi connectivity index (χ0v) is 7.07. The first kappa shape index (κ1) is 7.79. The zero-order valence-electron chi connectivity index (χ0n) is 7.07. The number of hydrogen-bond acceptors (Lipinski definition) is 2. The fraction of sp³-hybridized carbons (Fsp3) is 0.111. The van der Waals surface area contributed by atoms with Crippen molar-refractivity contribution in [3.05, 3.63) is 34.6 Å². The van der Waals surface area contributed by atoms with E-state index in [2.05, 4.69) is 5.10 Å². The molecule has 0 amide bonds. The molecule has 0 atom stereocenters. The number of carbonyl (C=O) groups excluding carboxylic acids is 1. The van der Waals surface area contributed by atoms with Crippen molar-refractivity contribution in [1.29, 1.82) is 0 Å². The number of rotatable bonds is 0. The molecule has 0 bridgehead atoms. The topological polar surface area (TPSA) is 54.9 Å². The van der Waals surface area contributed by atoms with E-state index in [9.17, 15) is 9.59 Å². The van der Waals surface area contributed by atoms with Gasteiger partial charge in [0.2, 0.25) is 5.91 Å². The largest absolute Gasteiger partial charge is 0.288 e. The highest BCUT2D eigenvalue weighted by Gasteiger charge is 2.07. The molecule has 0 spiro atoms. The number of H-pyrrole nitrogens is 1. The van der Waals surface area contributed by atoms with Crippen LogP contribution in [0.25, 0.3) is 10.9 Å².